The van der Waals surface area contributed by atoms with Gasteiger partial charge in [-0.05, 0) is 42.0 Å². The van der Waals surface area contributed by atoms with Crippen molar-refractivity contribution in [1.82, 2.24) is 5.32 Å². The van der Waals surface area contributed by atoms with Crippen LogP contribution in [-0.2, 0) is 16.1 Å². The number of nitrogens with zero attached hydrogens (tertiary/aromatic N) is 2. The number of hydrogen-bond donors (Lipinski definition) is 1. The number of benzene rings is 2. The third-order valence-corrected chi connectivity index (χ3v) is 4.01. The van der Waals surface area contributed by atoms with Crippen LogP contribution in [0.25, 0.3) is 0 Å². The van der Waals surface area contributed by atoms with Gasteiger partial charge in [-0.3, -0.25) is 9.59 Å². The van der Waals surface area contributed by atoms with Crippen LogP contribution in [0.15, 0.2) is 48.5 Å². The third-order valence-electron chi connectivity index (χ3n) is 3.76. The summed E-state index contributed by atoms with van der Waals surface area (Å²) in [7, 11) is 3.89. The van der Waals surface area contributed by atoms with Crippen LogP contribution < -0.4 is 15.1 Å². The van der Waals surface area contributed by atoms with Gasteiger partial charge >= 0.3 is 0 Å². The Balaban J connectivity index is 1.99. The molecule has 25 heavy (non-hydrogen) atoms. The molecule has 0 atom stereocenters. The highest BCUT2D eigenvalue weighted by molar-refractivity contribution is 6.30. The lowest BCUT2D eigenvalue weighted by atomic mass is 10.2. The Morgan fingerprint density at radius 3 is 2.04 bits per heavy atom. The van der Waals surface area contributed by atoms with Gasteiger partial charge in [0.1, 0.15) is 6.54 Å². The number of carbonyl (C=O) groups is 2. The van der Waals surface area contributed by atoms with Crippen LogP contribution in [0.5, 0.6) is 0 Å². The fraction of sp³-hybridized carbons (Fsp3) is 0.263. The number of carbonyl (C=O) groups excluding carboxylic acids is 2. The summed E-state index contributed by atoms with van der Waals surface area (Å²) in [5.41, 5.74) is 2.67. The van der Waals surface area contributed by atoms with Gasteiger partial charge in [0.2, 0.25) is 11.8 Å². The first-order valence-corrected chi connectivity index (χ1v) is 8.31. The lowest BCUT2D eigenvalue weighted by Crippen LogP contribution is -2.39. The summed E-state index contributed by atoms with van der Waals surface area (Å²) in [6.07, 6.45) is 0. The molecule has 5 nitrogen and oxygen atoms in total. The van der Waals surface area contributed by atoms with Crippen molar-refractivity contribution < 1.29 is 9.59 Å². The van der Waals surface area contributed by atoms with Crippen molar-refractivity contribution in [3.63, 3.8) is 0 Å². The van der Waals surface area contributed by atoms with Crippen molar-refractivity contribution in [3.05, 3.63) is 59.1 Å². The van der Waals surface area contributed by atoms with Crippen LogP contribution >= 0.6 is 11.6 Å². The fourth-order valence-electron chi connectivity index (χ4n) is 2.32. The number of halogens is 1. The van der Waals surface area contributed by atoms with E-state index in [1.807, 2.05) is 55.4 Å². The zero-order valence-electron chi connectivity index (χ0n) is 14.6. The minimum Gasteiger partial charge on any atom is -0.378 e. The molecule has 0 aliphatic carbocycles. The highest BCUT2D eigenvalue weighted by Crippen LogP contribution is 2.19. The second-order valence-electron chi connectivity index (χ2n) is 5.92. The Labute approximate surface area is 153 Å². The molecule has 0 unspecified atom stereocenters. The average molecular weight is 360 g/mol. The maximum atomic E-state index is 12.2. The Kier molecular flexibility index (Phi) is 6.42. The van der Waals surface area contributed by atoms with E-state index in [4.69, 9.17) is 11.6 Å². The van der Waals surface area contributed by atoms with Crippen molar-refractivity contribution in [1.29, 1.82) is 0 Å². The lowest BCUT2D eigenvalue weighted by Gasteiger charge is -2.22. The summed E-state index contributed by atoms with van der Waals surface area (Å²) in [4.78, 5) is 27.6. The Morgan fingerprint density at radius 2 is 1.52 bits per heavy atom. The maximum absolute atomic E-state index is 12.2. The number of rotatable bonds is 6. The number of anilines is 2. The molecule has 0 saturated heterocycles. The zero-order valence-corrected chi connectivity index (χ0v) is 15.4. The molecule has 0 aliphatic heterocycles. The summed E-state index contributed by atoms with van der Waals surface area (Å²) < 4.78 is 0. The second-order valence-corrected chi connectivity index (χ2v) is 6.36. The normalized spacial score (nSPS) is 10.2. The summed E-state index contributed by atoms with van der Waals surface area (Å²) in [5.74, 6) is -0.402. The Morgan fingerprint density at radius 1 is 0.960 bits per heavy atom. The van der Waals surface area contributed by atoms with Crippen LogP contribution in [0.2, 0.25) is 5.02 Å². The SMILES string of the molecule is CC(=O)N(CC(=O)NCc1ccc(Cl)cc1)c1ccc(N(C)C)cc1. The average Bonchev–Trinajstić information content (AvgIpc) is 2.59. The Bertz CT molecular complexity index is 727. The first kappa shape index (κ1) is 18.8. The number of hydrogen-bond acceptors (Lipinski definition) is 3. The molecule has 0 spiro atoms. The number of nitrogens with one attached hydrogen (secondary N) is 1. The second kappa shape index (κ2) is 8.53. The van der Waals surface area contributed by atoms with E-state index in [-0.39, 0.29) is 18.4 Å². The van der Waals surface area contributed by atoms with E-state index in [9.17, 15) is 9.59 Å². The Hall–Kier alpha value is -2.53. The molecule has 6 heteroatoms. The molecule has 0 aliphatic rings. The van der Waals surface area contributed by atoms with Crippen molar-refractivity contribution >= 4 is 34.8 Å². The first-order valence-electron chi connectivity index (χ1n) is 7.93. The van der Waals surface area contributed by atoms with E-state index in [0.717, 1.165) is 11.3 Å². The minimum atomic E-state index is -0.221. The molecule has 0 fully saturated rings. The molecular weight excluding hydrogens is 338 g/mol. The van der Waals surface area contributed by atoms with Gasteiger partial charge in [-0.25, -0.2) is 0 Å². The van der Waals surface area contributed by atoms with Crippen LogP contribution in [0.1, 0.15) is 12.5 Å². The summed E-state index contributed by atoms with van der Waals surface area (Å²) in [6.45, 7) is 1.82. The maximum Gasteiger partial charge on any atom is 0.240 e. The molecule has 2 aromatic carbocycles. The zero-order chi connectivity index (χ0) is 18.4. The van der Waals surface area contributed by atoms with Gasteiger partial charge in [-0.1, -0.05) is 23.7 Å². The predicted octanol–water partition coefficient (Wildman–Crippen LogP) is 3.08. The lowest BCUT2D eigenvalue weighted by molar-refractivity contribution is -0.123. The predicted molar refractivity (Wildman–Crippen MR) is 102 cm³/mol. The van der Waals surface area contributed by atoms with E-state index in [1.54, 1.807) is 12.1 Å². The van der Waals surface area contributed by atoms with Crippen LogP contribution in [0.4, 0.5) is 11.4 Å². The number of amides is 2. The molecule has 0 saturated carbocycles. The quantitative estimate of drug-likeness (QED) is 0.862. The van der Waals surface area contributed by atoms with Gasteiger partial charge < -0.3 is 15.1 Å². The van der Waals surface area contributed by atoms with Crippen LogP contribution in [-0.4, -0.2) is 32.5 Å². The minimum absolute atomic E-state index is 0.0236. The molecule has 2 aromatic rings. The molecule has 2 amide bonds. The summed E-state index contributed by atoms with van der Waals surface area (Å²) in [6, 6.07) is 14.8. The molecule has 0 bridgehead atoms. The monoisotopic (exact) mass is 359 g/mol. The standard InChI is InChI=1S/C19H22ClN3O2/c1-14(24)23(18-10-8-17(9-11-18)22(2)3)13-19(25)21-12-15-4-6-16(20)7-5-15/h4-11H,12-13H2,1-3H3,(H,21,25). The van der Waals surface area contributed by atoms with Gasteiger partial charge in [0.15, 0.2) is 0 Å². The third kappa shape index (κ3) is 5.50. The largest absolute Gasteiger partial charge is 0.378 e. The highest BCUT2D eigenvalue weighted by Gasteiger charge is 2.15. The van der Waals surface area contributed by atoms with Crippen LogP contribution in [0.3, 0.4) is 0 Å². The van der Waals surface area contributed by atoms with Gasteiger partial charge in [0.05, 0.1) is 0 Å². The van der Waals surface area contributed by atoms with Crippen LogP contribution in [0, 0.1) is 0 Å². The highest BCUT2D eigenvalue weighted by atomic mass is 35.5. The fourth-order valence-corrected chi connectivity index (χ4v) is 2.44. The summed E-state index contributed by atoms with van der Waals surface area (Å²) in [5, 5.41) is 3.47. The van der Waals surface area contributed by atoms with Gasteiger partial charge in [0, 0.05) is 44.0 Å². The smallest absolute Gasteiger partial charge is 0.240 e. The van der Waals surface area contributed by atoms with Gasteiger partial charge in [-0.2, -0.15) is 0 Å². The van der Waals surface area contributed by atoms with Crippen molar-refractivity contribution in [2.45, 2.75) is 13.5 Å². The summed E-state index contributed by atoms with van der Waals surface area (Å²) >= 11 is 5.84. The molecule has 1 N–H and O–H groups in total. The molecule has 2 rings (SSSR count). The van der Waals surface area contributed by atoms with E-state index in [0.29, 0.717) is 17.3 Å². The molecule has 0 radical (unpaired) electrons. The van der Waals surface area contributed by atoms with E-state index >= 15 is 0 Å². The van der Waals surface area contributed by atoms with Crippen molar-refractivity contribution in [2.24, 2.45) is 0 Å². The molecular formula is C19H22ClN3O2. The molecule has 0 aromatic heterocycles. The van der Waals surface area contributed by atoms with Crippen molar-refractivity contribution in [3.8, 4) is 0 Å². The molecule has 132 valence electrons. The topological polar surface area (TPSA) is 52.7 Å². The van der Waals surface area contributed by atoms with E-state index in [1.165, 1.54) is 11.8 Å². The van der Waals surface area contributed by atoms with E-state index < -0.39 is 0 Å². The van der Waals surface area contributed by atoms with Gasteiger partial charge in [0.25, 0.3) is 0 Å². The molecule has 0 heterocycles. The van der Waals surface area contributed by atoms with Gasteiger partial charge in [-0.15, -0.1) is 0 Å². The first-order chi connectivity index (χ1) is 11.9. The van der Waals surface area contributed by atoms with E-state index in [2.05, 4.69) is 5.32 Å². The van der Waals surface area contributed by atoms with Crippen molar-refractivity contribution in [2.75, 3.05) is 30.4 Å².